The molecule has 3 N–H and O–H groups in total. The van der Waals surface area contributed by atoms with Crippen LogP contribution in [0.5, 0.6) is 0 Å². The molecule has 1 aromatic rings. The van der Waals surface area contributed by atoms with Crippen LogP contribution in [0.15, 0.2) is 27.6 Å². The number of benzene rings is 1. The number of hydrogen-bond donors (Lipinski definition) is 2. The molecule has 8 heteroatoms. The number of piperazine rings is 1. The normalized spacial score (nSPS) is 18.6. The maximum absolute atomic E-state index is 12.3. The molecule has 1 aromatic carbocycles. The predicted octanol–water partition coefficient (Wildman–Crippen LogP) is 0.472. The zero-order valence-electron chi connectivity index (χ0n) is 10.6. The number of nitrogen functional groups attached to an aromatic ring is 1. The van der Waals surface area contributed by atoms with E-state index in [2.05, 4.69) is 25.7 Å². The van der Waals surface area contributed by atoms with Gasteiger partial charge in [-0.2, -0.15) is 0 Å². The Morgan fingerprint density at radius 2 is 1.89 bits per heavy atom. The standard InChI is InChI=1S/C11H17BrN4O2S/c1-15-4-6-16(7-5-15)14-19(17,18)11-3-2-9(12)8-10(11)13/h2-3,8,14H,4-7,13H2,1H3. The lowest BCUT2D eigenvalue weighted by Crippen LogP contribution is -2.52. The van der Waals surface area contributed by atoms with Crippen LogP contribution >= 0.6 is 15.9 Å². The van der Waals surface area contributed by atoms with Gasteiger partial charge in [0.25, 0.3) is 10.0 Å². The molecule has 19 heavy (non-hydrogen) atoms. The quantitative estimate of drug-likeness (QED) is 0.776. The summed E-state index contributed by atoms with van der Waals surface area (Å²) in [5, 5.41) is 1.71. The van der Waals surface area contributed by atoms with Crippen LogP contribution in [0.25, 0.3) is 0 Å². The van der Waals surface area contributed by atoms with E-state index in [4.69, 9.17) is 5.73 Å². The highest BCUT2D eigenvalue weighted by Crippen LogP contribution is 2.22. The first kappa shape index (κ1) is 14.7. The Kier molecular flexibility index (Phi) is 4.46. The van der Waals surface area contributed by atoms with Gasteiger partial charge in [0.2, 0.25) is 0 Å². The Hall–Kier alpha value is -0.670. The summed E-state index contributed by atoms with van der Waals surface area (Å²) in [4.78, 5) is 4.83. The van der Waals surface area contributed by atoms with E-state index >= 15 is 0 Å². The molecule has 0 spiro atoms. The third-order valence-electron chi connectivity index (χ3n) is 3.01. The molecule has 0 amide bonds. The van der Waals surface area contributed by atoms with Crippen LogP contribution < -0.4 is 10.6 Å². The van der Waals surface area contributed by atoms with Crippen molar-refractivity contribution in [2.45, 2.75) is 4.90 Å². The number of hydrogen-bond acceptors (Lipinski definition) is 5. The Labute approximate surface area is 121 Å². The van der Waals surface area contributed by atoms with Gasteiger partial charge in [0.05, 0.1) is 5.69 Å². The molecule has 2 rings (SSSR count). The minimum atomic E-state index is -3.61. The van der Waals surface area contributed by atoms with Crippen molar-refractivity contribution < 1.29 is 8.42 Å². The fourth-order valence-electron chi connectivity index (χ4n) is 1.88. The number of rotatable bonds is 3. The van der Waals surface area contributed by atoms with Gasteiger partial charge < -0.3 is 10.6 Å². The van der Waals surface area contributed by atoms with Gasteiger partial charge in [-0.25, -0.2) is 13.4 Å². The molecule has 0 aromatic heterocycles. The zero-order valence-corrected chi connectivity index (χ0v) is 13.0. The third-order valence-corrected chi connectivity index (χ3v) is 4.96. The monoisotopic (exact) mass is 348 g/mol. The molecule has 0 bridgehead atoms. The number of nitrogens with one attached hydrogen (secondary N) is 1. The SMILES string of the molecule is CN1CCN(NS(=O)(=O)c2ccc(Br)cc2N)CC1. The Morgan fingerprint density at radius 1 is 1.26 bits per heavy atom. The molecule has 1 saturated heterocycles. The van der Waals surface area contributed by atoms with Crippen molar-refractivity contribution in [2.75, 3.05) is 39.0 Å². The van der Waals surface area contributed by atoms with E-state index in [9.17, 15) is 8.42 Å². The highest BCUT2D eigenvalue weighted by Gasteiger charge is 2.23. The number of nitrogens with two attached hydrogens (primary N) is 1. The largest absolute Gasteiger partial charge is 0.398 e. The zero-order chi connectivity index (χ0) is 14.0. The molecule has 1 heterocycles. The highest BCUT2D eigenvalue weighted by molar-refractivity contribution is 9.10. The lowest BCUT2D eigenvalue weighted by atomic mass is 10.3. The highest BCUT2D eigenvalue weighted by atomic mass is 79.9. The van der Waals surface area contributed by atoms with Gasteiger partial charge >= 0.3 is 0 Å². The Bertz CT molecular complexity index is 556. The molecule has 6 nitrogen and oxygen atoms in total. The topological polar surface area (TPSA) is 78.7 Å². The lowest BCUT2D eigenvalue weighted by molar-refractivity contribution is 0.135. The van der Waals surface area contributed by atoms with E-state index in [1.165, 1.54) is 6.07 Å². The smallest absolute Gasteiger partial charge is 0.255 e. The van der Waals surface area contributed by atoms with Crippen molar-refractivity contribution in [3.8, 4) is 0 Å². The number of halogens is 1. The maximum Gasteiger partial charge on any atom is 0.255 e. The van der Waals surface area contributed by atoms with E-state index in [1.807, 2.05) is 7.05 Å². The van der Waals surface area contributed by atoms with Crippen molar-refractivity contribution in [3.63, 3.8) is 0 Å². The molecule has 1 fully saturated rings. The van der Waals surface area contributed by atoms with Crippen molar-refractivity contribution in [3.05, 3.63) is 22.7 Å². The predicted molar refractivity (Wildman–Crippen MR) is 77.9 cm³/mol. The second-order valence-corrected chi connectivity index (χ2v) is 7.11. The van der Waals surface area contributed by atoms with Crippen LogP contribution in [0.1, 0.15) is 0 Å². The van der Waals surface area contributed by atoms with Gasteiger partial charge in [-0.1, -0.05) is 15.9 Å². The average Bonchev–Trinajstić information content (AvgIpc) is 2.31. The van der Waals surface area contributed by atoms with E-state index in [0.717, 1.165) is 17.6 Å². The van der Waals surface area contributed by atoms with Gasteiger partial charge in [-0.15, -0.1) is 4.83 Å². The van der Waals surface area contributed by atoms with Gasteiger partial charge in [-0.3, -0.25) is 0 Å². The van der Waals surface area contributed by atoms with Crippen molar-refractivity contribution in [2.24, 2.45) is 0 Å². The molecule has 0 unspecified atom stereocenters. The second-order valence-electron chi connectivity index (χ2n) is 4.57. The summed E-state index contributed by atoms with van der Waals surface area (Å²) in [6.45, 7) is 2.98. The fourth-order valence-corrected chi connectivity index (χ4v) is 3.50. The fraction of sp³-hybridized carbons (Fsp3) is 0.455. The first-order valence-electron chi connectivity index (χ1n) is 5.89. The van der Waals surface area contributed by atoms with Crippen LogP contribution in [0.4, 0.5) is 5.69 Å². The second kappa shape index (κ2) is 5.76. The number of hydrazine groups is 1. The van der Waals surface area contributed by atoms with Gasteiger partial charge in [-0.05, 0) is 25.2 Å². The Morgan fingerprint density at radius 3 is 2.47 bits per heavy atom. The summed E-state index contributed by atoms with van der Waals surface area (Å²) >= 11 is 3.26. The minimum absolute atomic E-state index is 0.106. The van der Waals surface area contributed by atoms with E-state index in [0.29, 0.717) is 13.1 Å². The average molecular weight is 349 g/mol. The lowest BCUT2D eigenvalue weighted by Gasteiger charge is -2.32. The van der Waals surface area contributed by atoms with Crippen LogP contribution in [-0.4, -0.2) is 51.6 Å². The molecule has 0 aliphatic carbocycles. The molecule has 0 atom stereocenters. The van der Waals surface area contributed by atoms with Crippen molar-refractivity contribution >= 4 is 31.6 Å². The molecule has 1 aliphatic heterocycles. The molecular formula is C11H17BrN4O2S. The molecule has 0 saturated carbocycles. The van der Waals surface area contributed by atoms with Crippen LogP contribution in [0, 0.1) is 0 Å². The first-order chi connectivity index (χ1) is 8.88. The summed E-state index contributed by atoms with van der Waals surface area (Å²) in [6.07, 6.45) is 0. The molecule has 0 radical (unpaired) electrons. The number of sulfonamides is 1. The summed E-state index contributed by atoms with van der Waals surface area (Å²) < 4.78 is 25.3. The third kappa shape index (κ3) is 3.67. The number of likely N-dealkylation sites (N-methyl/N-ethyl adjacent to an activating group) is 1. The number of nitrogens with zero attached hydrogens (tertiary/aromatic N) is 2. The molecule has 106 valence electrons. The van der Waals surface area contributed by atoms with E-state index in [-0.39, 0.29) is 10.6 Å². The van der Waals surface area contributed by atoms with Crippen LogP contribution in [0.3, 0.4) is 0 Å². The molecule has 1 aliphatic rings. The Balaban J connectivity index is 2.14. The van der Waals surface area contributed by atoms with Gasteiger partial charge in [0.1, 0.15) is 4.90 Å². The van der Waals surface area contributed by atoms with E-state index < -0.39 is 10.0 Å². The van der Waals surface area contributed by atoms with Crippen LogP contribution in [-0.2, 0) is 10.0 Å². The minimum Gasteiger partial charge on any atom is -0.398 e. The summed E-state index contributed by atoms with van der Waals surface area (Å²) in [6, 6.07) is 4.74. The maximum atomic E-state index is 12.3. The van der Waals surface area contributed by atoms with Gasteiger partial charge in [0, 0.05) is 30.7 Å². The summed E-state index contributed by atoms with van der Waals surface area (Å²) in [5.41, 5.74) is 5.99. The van der Waals surface area contributed by atoms with E-state index in [1.54, 1.807) is 17.1 Å². The first-order valence-corrected chi connectivity index (χ1v) is 8.17. The van der Waals surface area contributed by atoms with Gasteiger partial charge in [0.15, 0.2) is 0 Å². The van der Waals surface area contributed by atoms with Crippen LogP contribution in [0.2, 0.25) is 0 Å². The van der Waals surface area contributed by atoms with Crippen molar-refractivity contribution in [1.29, 1.82) is 0 Å². The molecular weight excluding hydrogens is 332 g/mol. The summed E-state index contributed by atoms with van der Waals surface area (Å²) in [7, 11) is -1.60. The summed E-state index contributed by atoms with van der Waals surface area (Å²) in [5.74, 6) is 0. The number of anilines is 1. The van der Waals surface area contributed by atoms with Crippen molar-refractivity contribution in [1.82, 2.24) is 14.7 Å².